The summed E-state index contributed by atoms with van der Waals surface area (Å²) < 4.78 is 23.3. The number of rotatable bonds is 2. The molecule has 1 N–H and O–H groups in total. The van der Waals surface area contributed by atoms with Crippen molar-refractivity contribution in [2.75, 3.05) is 11.5 Å². The number of amides is 1. The smallest absolute Gasteiger partial charge is 0.261 e. The number of fused-ring (bicyclic) bond motifs is 1. The van der Waals surface area contributed by atoms with Crippen molar-refractivity contribution in [2.45, 2.75) is 57.4 Å². The average Bonchev–Trinajstić information content (AvgIpc) is 2.90. The van der Waals surface area contributed by atoms with Gasteiger partial charge < -0.3 is 5.32 Å². The third kappa shape index (κ3) is 3.54. The molecule has 3 rings (SSSR count). The number of hydrogen-bond donors (Lipinski definition) is 1. The van der Waals surface area contributed by atoms with Crippen LogP contribution in [-0.2, 0) is 22.7 Å². The van der Waals surface area contributed by atoms with E-state index in [2.05, 4.69) is 5.32 Å². The molecule has 1 amide bonds. The number of aryl methyl sites for hydroxylation is 2. The highest BCUT2D eigenvalue weighted by Crippen LogP contribution is 2.30. The Labute approximate surface area is 136 Å². The Morgan fingerprint density at radius 2 is 1.95 bits per heavy atom. The summed E-state index contributed by atoms with van der Waals surface area (Å²) in [6.45, 7) is 1.83. The Morgan fingerprint density at radius 1 is 1.23 bits per heavy atom. The fourth-order valence-electron chi connectivity index (χ4n) is 3.40. The van der Waals surface area contributed by atoms with E-state index in [0.717, 1.165) is 17.7 Å². The average molecular weight is 341 g/mol. The van der Waals surface area contributed by atoms with Crippen molar-refractivity contribution in [2.24, 2.45) is 0 Å². The van der Waals surface area contributed by atoms with Crippen molar-refractivity contribution in [1.82, 2.24) is 5.32 Å². The number of hydrogen-bond acceptors (Lipinski definition) is 4. The van der Waals surface area contributed by atoms with E-state index in [1.807, 2.05) is 13.0 Å². The molecular formula is C16H23NO3S2. The van der Waals surface area contributed by atoms with Crippen molar-refractivity contribution in [3.63, 3.8) is 0 Å². The molecule has 22 heavy (non-hydrogen) atoms. The molecule has 6 heteroatoms. The van der Waals surface area contributed by atoms with Gasteiger partial charge in [-0.05, 0) is 50.7 Å². The van der Waals surface area contributed by atoms with Crippen LogP contribution in [0.4, 0.5) is 0 Å². The predicted molar refractivity (Wildman–Crippen MR) is 89.3 cm³/mol. The minimum absolute atomic E-state index is 0.0524. The summed E-state index contributed by atoms with van der Waals surface area (Å²) in [5.74, 6) is 0.109. The van der Waals surface area contributed by atoms with Crippen LogP contribution in [0.15, 0.2) is 6.07 Å². The molecule has 0 saturated carbocycles. The van der Waals surface area contributed by atoms with Gasteiger partial charge in [0.2, 0.25) is 0 Å². The van der Waals surface area contributed by atoms with Gasteiger partial charge in [0.15, 0.2) is 9.84 Å². The highest BCUT2D eigenvalue weighted by atomic mass is 32.2. The Morgan fingerprint density at radius 3 is 2.64 bits per heavy atom. The van der Waals surface area contributed by atoms with Gasteiger partial charge in [0, 0.05) is 4.88 Å². The summed E-state index contributed by atoms with van der Waals surface area (Å²) in [5, 5.41) is 2.96. The molecule has 0 aromatic carbocycles. The number of sulfone groups is 1. The molecule has 1 atom stereocenters. The monoisotopic (exact) mass is 341 g/mol. The number of carbonyl (C=O) groups is 1. The van der Waals surface area contributed by atoms with Crippen LogP contribution in [0.25, 0.3) is 0 Å². The van der Waals surface area contributed by atoms with Crippen molar-refractivity contribution < 1.29 is 13.2 Å². The summed E-state index contributed by atoms with van der Waals surface area (Å²) in [4.78, 5) is 14.6. The van der Waals surface area contributed by atoms with Crippen LogP contribution in [0, 0.1) is 0 Å². The summed E-state index contributed by atoms with van der Waals surface area (Å²) in [6, 6.07) is 2.02. The molecule has 0 radical (unpaired) electrons. The Hall–Kier alpha value is -0.880. The van der Waals surface area contributed by atoms with E-state index in [-0.39, 0.29) is 17.4 Å². The van der Waals surface area contributed by atoms with Gasteiger partial charge in [0.05, 0.1) is 21.9 Å². The van der Waals surface area contributed by atoms with Crippen LogP contribution in [0.1, 0.15) is 59.1 Å². The van der Waals surface area contributed by atoms with E-state index in [1.165, 1.54) is 36.1 Å². The predicted octanol–water partition coefficient (Wildman–Crippen LogP) is 2.71. The van der Waals surface area contributed by atoms with Crippen molar-refractivity contribution >= 4 is 27.1 Å². The van der Waals surface area contributed by atoms with Gasteiger partial charge in [-0.3, -0.25) is 4.79 Å². The molecule has 4 nitrogen and oxygen atoms in total. The maximum atomic E-state index is 12.5. The van der Waals surface area contributed by atoms with E-state index >= 15 is 0 Å². The Balaban J connectivity index is 1.74. The molecular weight excluding hydrogens is 318 g/mol. The van der Waals surface area contributed by atoms with Crippen LogP contribution >= 0.6 is 11.3 Å². The van der Waals surface area contributed by atoms with Gasteiger partial charge in [-0.1, -0.05) is 12.8 Å². The zero-order chi connectivity index (χ0) is 15.8. The zero-order valence-electron chi connectivity index (χ0n) is 13.0. The first kappa shape index (κ1) is 16.0. The second-order valence-corrected chi connectivity index (χ2v) is 10.2. The van der Waals surface area contributed by atoms with E-state index < -0.39 is 15.4 Å². The molecule has 1 saturated heterocycles. The fraction of sp³-hybridized carbons (Fsp3) is 0.688. The van der Waals surface area contributed by atoms with Crippen LogP contribution < -0.4 is 5.32 Å². The molecule has 1 fully saturated rings. The van der Waals surface area contributed by atoms with E-state index in [0.29, 0.717) is 6.42 Å². The second-order valence-electron chi connectivity index (χ2n) is 6.83. The quantitative estimate of drug-likeness (QED) is 0.899. The normalized spacial score (nSPS) is 27.7. The maximum Gasteiger partial charge on any atom is 0.261 e. The summed E-state index contributed by atoms with van der Waals surface area (Å²) in [6.07, 6.45) is 7.57. The van der Waals surface area contributed by atoms with E-state index in [1.54, 1.807) is 11.3 Å². The van der Waals surface area contributed by atoms with Crippen LogP contribution in [0.5, 0.6) is 0 Å². The molecule has 1 aliphatic heterocycles. The van der Waals surface area contributed by atoms with Gasteiger partial charge in [0.25, 0.3) is 5.91 Å². The Kier molecular flexibility index (Phi) is 4.34. The molecule has 1 unspecified atom stereocenters. The highest BCUT2D eigenvalue weighted by Gasteiger charge is 2.39. The Bertz CT molecular complexity index is 652. The maximum absolute atomic E-state index is 12.5. The molecule has 1 aliphatic carbocycles. The minimum atomic E-state index is -3.00. The first-order valence-corrected chi connectivity index (χ1v) is 10.7. The highest BCUT2D eigenvalue weighted by molar-refractivity contribution is 7.91. The summed E-state index contributed by atoms with van der Waals surface area (Å²) >= 11 is 1.59. The fourth-order valence-corrected chi connectivity index (χ4v) is 6.64. The van der Waals surface area contributed by atoms with Crippen LogP contribution in [-0.4, -0.2) is 31.4 Å². The van der Waals surface area contributed by atoms with Gasteiger partial charge in [-0.25, -0.2) is 8.42 Å². The largest absolute Gasteiger partial charge is 0.345 e. The van der Waals surface area contributed by atoms with Gasteiger partial charge in [0.1, 0.15) is 0 Å². The third-order valence-corrected chi connectivity index (χ3v) is 7.78. The summed E-state index contributed by atoms with van der Waals surface area (Å²) in [7, 11) is -3.00. The standard InChI is InChI=1S/C16H23NO3S2/c1-16(8-9-22(19,20)11-16)17-15(18)14-10-12-6-4-2-3-5-7-13(12)21-14/h10H,2-9,11H2,1H3,(H,17,18). The second kappa shape index (κ2) is 5.96. The van der Waals surface area contributed by atoms with Crippen LogP contribution in [0.3, 0.4) is 0 Å². The lowest BCUT2D eigenvalue weighted by Gasteiger charge is -2.23. The molecule has 2 heterocycles. The van der Waals surface area contributed by atoms with E-state index in [4.69, 9.17) is 0 Å². The topological polar surface area (TPSA) is 63.2 Å². The summed E-state index contributed by atoms with van der Waals surface area (Å²) in [5.41, 5.74) is 0.702. The van der Waals surface area contributed by atoms with Crippen LogP contribution in [0.2, 0.25) is 0 Å². The van der Waals surface area contributed by atoms with E-state index in [9.17, 15) is 13.2 Å². The molecule has 1 aromatic heterocycles. The molecule has 2 aliphatic rings. The van der Waals surface area contributed by atoms with Gasteiger partial charge in [-0.15, -0.1) is 11.3 Å². The number of nitrogens with one attached hydrogen (secondary N) is 1. The minimum Gasteiger partial charge on any atom is -0.345 e. The van der Waals surface area contributed by atoms with Gasteiger partial charge in [-0.2, -0.15) is 0 Å². The molecule has 122 valence electrons. The van der Waals surface area contributed by atoms with Crippen molar-refractivity contribution in [3.05, 3.63) is 21.4 Å². The zero-order valence-corrected chi connectivity index (χ0v) is 14.6. The SMILES string of the molecule is CC1(NC(=O)c2cc3c(s2)CCCCCC3)CCS(=O)(=O)C1. The number of carbonyl (C=O) groups excluding carboxylic acids is 1. The van der Waals surface area contributed by atoms with Crippen molar-refractivity contribution in [3.8, 4) is 0 Å². The first-order valence-electron chi connectivity index (χ1n) is 8.01. The lowest BCUT2D eigenvalue weighted by Crippen LogP contribution is -2.46. The third-order valence-electron chi connectivity index (χ3n) is 4.64. The molecule has 0 spiro atoms. The van der Waals surface area contributed by atoms with Gasteiger partial charge >= 0.3 is 0 Å². The van der Waals surface area contributed by atoms with Crippen molar-refractivity contribution in [1.29, 1.82) is 0 Å². The lowest BCUT2D eigenvalue weighted by atomic mass is 9.99. The molecule has 1 aromatic rings. The first-order chi connectivity index (χ1) is 10.4. The number of thiophene rings is 1. The molecule has 0 bridgehead atoms. The lowest BCUT2D eigenvalue weighted by molar-refractivity contribution is 0.0919.